The molecule has 114 valence electrons. The lowest BCUT2D eigenvalue weighted by atomic mass is 10.1. The van der Waals surface area contributed by atoms with Crippen LogP contribution in [-0.4, -0.2) is 25.8 Å². The summed E-state index contributed by atoms with van der Waals surface area (Å²) in [4.78, 5) is 12.1. The van der Waals surface area contributed by atoms with Gasteiger partial charge >= 0.3 is 0 Å². The van der Waals surface area contributed by atoms with E-state index in [2.05, 4.69) is 10.5 Å². The Labute approximate surface area is 129 Å². The quantitative estimate of drug-likeness (QED) is 0.682. The van der Waals surface area contributed by atoms with E-state index in [9.17, 15) is 4.79 Å². The van der Waals surface area contributed by atoms with Crippen molar-refractivity contribution in [1.82, 2.24) is 5.43 Å². The first-order valence-corrected chi connectivity index (χ1v) is 6.77. The van der Waals surface area contributed by atoms with Gasteiger partial charge in [0, 0.05) is 11.1 Å². The summed E-state index contributed by atoms with van der Waals surface area (Å²) in [5, 5.41) is 4.12. The molecule has 0 heterocycles. The van der Waals surface area contributed by atoms with E-state index in [0.29, 0.717) is 17.0 Å². The molecule has 1 N–H and O–H groups in total. The molecule has 0 bridgehead atoms. The number of hydrazone groups is 1. The van der Waals surface area contributed by atoms with Crippen molar-refractivity contribution in [2.45, 2.75) is 6.92 Å². The van der Waals surface area contributed by atoms with Crippen LogP contribution in [0.3, 0.4) is 0 Å². The van der Waals surface area contributed by atoms with Gasteiger partial charge in [-0.1, -0.05) is 18.2 Å². The average molecular weight is 298 g/mol. The maximum Gasteiger partial charge on any atom is 0.271 e. The second kappa shape index (κ2) is 7.26. The van der Waals surface area contributed by atoms with Gasteiger partial charge in [-0.05, 0) is 37.3 Å². The SMILES string of the molecule is COc1cccc(C(=O)NN=C(C)c2cccc(OC)c2)c1. The Morgan fingerprint density at radius 2 is 1.50 bits per heavy atom. The van der Waals surface area contributed by atoms with E-state index in [4.69, 9.17) is 9.47 Å². The van der Waals surface area contributed by atoms with Gasteiger partial charge in [-0.3, -0.25) is 4.79 Å². The number of carbonyl (C=O) groups excluding carboxylic acids is 1. The second-order valence-corrected chi connectivity index (χ2v) is 4.60. The highest BCUT2D eigenvalue weighted by molar-refractivity contribution is 6.01. The maximum atomic E-state index is 12.1. The number of ether oxygens (including phenoxy) is 2. The summed E-state index contributed by atoms with van der Waals surface area (Å²) >= 11 is 0. The van der Waals surface area contributed by atoms with Crippen molar-refractivity contribution in [3.05, 3.63) is 59.7 Å². The van der Waals surface area contributed by atoms with Gasteiger partial charge in [0.25, 0.3) is 5.91 Å². The maximum absolute atomic E-state index is 12.1. The fraction of sp³-hybridized carbons (Fsp3) is 0.176. The van der Waals surface area contributed by atoms with E-state index in [1.807, 2.05) is 31.2 Å². The Kier molecular flexibility index (Phi) is 5.14. The van der Waals surface area contributed by atoms with Crippen LogP contribution in [-0.2, 0) is 0 Å². The molecule has 0 saturated carbocycles. The lowest BCUT2D eigenvalue weighted by Crippen LogP contribution is -2.19. The highest BCUT2D eigenvalue weighted by Crippen LogP contribution is 2.14. The molecule has 1 amide bonds. The molecule has 0 spiro atoms. The summed E-state index contributed by atoms with van der Waals surface area (Å²) in [5.41, 5.74) is 4.60. The van der Waals surface area contributed by atoms with Crippen molar-refractivity contribution in [2.75, 3.05) is 14.2 Å². The molecule has 0 radical (unpaired) electrons. The first-order chi connectivity index (χ1) is 10.6. The van der Waals surface area contributed by atoms with Crippen LogP contribution in [0.1, 0.15) is 22.8 Å². The number of benzene rings is 2. The summed E-state index contributed by atoms with van der Waals surface area (Å²) in [6.45, 7) is 1.82. The Morgan fingerprint density at radius 1 is 0.955 bits per heavy atom. The summed E-state index contributed by atoms with van der Waals surface area (Å²) in [5.74, 6) is 1.08. The third-order valence-electron chi connectivity index (χ3n) is 3.14. The van der Waals surface area contributed by atoms with Crippen LogP contribution >= 0.6 is 0 Å². The van der Waals surface area contributed by atoms with E-state index in [1.54, 1.807) is 38.5 Å². The molecule has 5 nitrogen and oxygen atoms in total. The van der Waals surface area contributed by atoms with Crippen LogP contribution in [0.2, 0.25) is 0 Å². The molecule has 2 aromatic carbocycles. The van der Waals surface area contributed by atoms with E-state index >= 15 is 0 Å². The van der Waals surface area contributed by atoms with Crippen molar-refractivity contribution in [3.63, 3.8) is 0 Å². The monoisotopic (exact) mass is 298 g/mol. The van der Waals surface area contributed by atoms with E-state index < -0.39 is 0 Å². The van der Waals surface area contributed by atoms with Gasteiger partial charge in [0.2, 0.25) is 0 Å². The zero-order valence-electron chi connectivity index (χ0n) is 12.8. The number of nitrogens with one attached hydrogen (secondary N) is 1. The van der Waals surface area contributed by atoms with Crippen molar-refractivity contribution < 1.29 is 14.3 Å². The smallest absolute Gasteiger partial charge is 0.271 e. The summed E-state index contributed by atoms with van der Waals surface area (Å²) < 4.78 is 10.3. The molecular weight excluding hydrogens is 280 g/mol. The van der Waals surface area contributed by atoms with Crippen LogP contribution in [0.5, 0.6) is 11.5 Å². The van der Waals surface area contributed by atoms with E-state index in [-0.39, 0.29) is 5.91 Å². The predicted molar refractivity (Wildman–Crippen MR) is 85.7 cm³/mol. The molecule has 0 saturated heterocycles. The summed E-state index contributed by atoms with van der Waals surface area (Å²) in [6, 6.07) is 14.4. The molecule has 22 heavy (non-hydrogen) atoms. The van der Waals surface area contributed by atoms with Gasteiger partial charge in [0.1, 0.15) is 11.5 Å². The number of carbonyl (C=O) groups is 1. The minimum atomic E-state index is -0.291. The molecule has 2 aromatic rings. The number of methoxy groups -OCH3 is 2. The van der Waals surface area contributed by atoms with Crippen molar-refractivity contribution in [3.8, 4) is 11.5 Å². The first kappa shape index (κ1) is 15.6. The van der Waals surface area contributed by atoms with Gasteiger partial charge in [0.15, 0.2) is 0 Å². The fourth-order valence-electron chi connectivity index (χ4n) is 1.88. The molecule has 0 aliphatic heterocycles. The lowest BCUT2D eigenvalue weighted by Gasteiger charge is -2.06. The minimum absolute atomic E-state index is 0.291. The topological polar surface area (TPSA) is 59.9 Å². The van der Waals surface area contributed by atoms with E-state index in [0.717, 1.165) is 11.3 Å². The molecule has 2 rings (SSSR count). The van der Waals surface area contributed by atoms with Gasteiger partial charge in [0.05, 0.1) is 19.9 Å². The van der Waals surface area contributed by atoms with Gasteiger partial charge in [-0.2, -0.15) is 5.10 Å². The molecule has 0 fully saturated rings. The first-order valence-electron chi connectivity index (χ1n) is 6.77. The highest BCUT2D eigenvalue weighted by Gasteiger charge is 2.06. The predicted octanol–water partition coefficient (Wildman–Crippen LogP) is 2.86. The number of nitrogens with zero attached hydrogens (tertiary/aromatic N) is 1. The highest BCUT2D eigenvalue weighted by atomic mass is 16.5. The standard InChI is InChI=1S/C17H18N2O3/c1-12(13-6-4-8-15(10-13)21-2)18-19-17(20)14-7-5-9-16(11-14)22-3/h4-11H,1-3H3,(H,19,20). The molecule has 0 atom stereocenters. The summed E-state index contributed by atoms with van der Waals surface area (Å²) in [7, 11) is 3.16. The van der Waals surface area contributed by atoms with Crippen molar-refractivity contribution in [1.29, 1.82) is 0 Å². The van der Waals surface area contributed by atoms with Crippen molar-refractivity contribution in [2.24, 2.45) is 5.10 Å². The Balaban J connectivity index is 2.10. The molecule has 0 aliphatic carbocycles. The van der Waals surface area contributed by atoms with Crippen LogP contribution < -0.4 is 14.9 Å². The average Bonchev–Trinajstić information content (AvgIpc) is 2.59. The molecular formula is C17H18N2O3. The largest absolute Gasteiger partial charge is 0.497 e. The minimum Gasteiger partial charge on any atom is -0.497 e. The Hall–Kier alpha value is -2.82. The summed E-state index contributed by atoms with van der Waals surface area (Å²) in [6.07, 6.45) is 0. The molecule has 5 heteroatoms. The molecule has 0 unspecified atom stereocenters. The third-order valence-corrected chi connectivity index (χ3v) is 3.14. The normalized spacial score (nSPS) is 11.0. The van der Waals surface area contributed by atoms with Crippen molar-refractivity contribution >= 4 is 11.6 Å². The Morgan fingerprint density at radius 3 is 2.09 bits per heavy atom. The van der Waals surface area contributed by atoms with Gasteiger partial charge in [-0.25, -0.2) is 5.43 Å². The molecule has 0 aliphatic rings. The van der Waals surface area contributed by atoms with E-state index in [1.165, 1.54) is 0 Å². The van der Waals surface area contributed by atoms with Crippen LogP contribution in [0.15, 0.2) is 53.6 Å². The number of amides is 1. The second-order valence-electron chi connectivity index (χ2n) is 4.60. The van der Waals surface area contributed by atoms with Gasteiger partial charge in [-0.15, -0.1) is 0 Å². The zero-order chi connectivity index (χ0) is 15.9. The Bertz CT molecular complexity index is 696. The lowest BCUT2D eigenvalue weighted by molar-refractivity contribution is 0.0954. The number of rotatable bonds is 5. The fourth-order valence-corrected chi connectivity index (χ4v) is 1.88. The van der Waals surface area contributed by atoms with Crippen LogP contribution in [0.25, 0.3) is 0 Å². The zero-order valence-corrected chi connectivity index (χ0v) is 12.8. The number of hydrogen-bond donors (Lipinski definition) is 1. The third kappa shape index (κ3) is 3.85. The number of hydrogen-bond acceptors (Lipinski definition) is 4. The van der Waals surface area contributed by atoms with Crippen LogP contribution in [0.4, 0.5) is 0 Å². The molecule has 0 aromatic heterocycles. The van der Waals surface area contributed by atoms with Gasteiger partial charge < -0.3 is 9.47 Å². The van der Waals surface area contributed by atoms with Crippen LogP contribution in [0, 0.1) is 0 Å².